The quantitative estimate of drug-likeness (QED) is 0.280. The summed E-state index contributed by atoms with van der Waals surface area (Å²) in [5.74, 6) is -4.77. The molecule has 1 atom stereocenters. The Kier molecular flexibility index (Phi) is 5.97. The van der Waals surface area contributed by atoms with E-state index in [9.17, 15) is 28.6 Å². The Bertz CT molecular complexity index is 1390. The van der Waals surface area contributed by atoms with Crippen LogP contribution in [0.4, 0.5) is 14.5 Å². The number of aryl methyl sites for hydroxylation is 1. The number of aliphatic hydroxyl groups is 1. The third-order valence-corrected chi connectivity index (χ3v) is 6.17. The molecule has 1 aliphatic heterocycles. The van der Waals surface area contributed by atoms with E-state index < -0.39 is 29.4 Å². The van der Waals surface area contributed by atoms with Crippen LogP contribution >= 0.6 is 0 Å². The van der Waals surface area contributed by atoms with Crippen molar-refractivity contribution in [2.24, 2.45) is 0 Å². The molecule has 3 aromatic carbocycles. The van der Waals surface area contributed by atoms with Gasteiger partial charge in [0.15, 0.2) is 11.6 Å². The van der Waals surface area contributed by atoms with E-state index in [-0.39, 0.29) is 28.2 Å². The SMILES string of the molecule is Cc1ccc(C(C)(C)C)cc1/C(O)=C1\C(=O)C(=O)N(c2ccc(F)c(F)c2)C1c1cccc(O)c1. The summed E-state index contributed by atoms with van der Waals surface area (Å²) in [6.07, 6.45) is 0. The minimum atomic E-state index is -1.19. The van der Waals surface area contributed by atoms with Gasteiger partial charge in [-0.15, -0.1) is 0 Å². The molecule has 1 heterocycles. The largest absolute Gasteiger partial charge is 0.508 e. The maximum absolute atomic E-state index is 14.1. The lowest BCUT2D eigenvalue weighted by Crippen LogP contribution is -2.29. The second-order valence-corrected chi connectivity index (χ2v) is 9.64. The van der Waals surface area contributed by atoms with Crippen LogP contribution in [0.3, 0.4) is 0 Å². The standard InChI is InChI=1S/C28H25F2NO4/c1-15-8-9-17(28(2,3)4)13-20(15)25(33)23-24(16-6-5-7-19(32)12-16)31(27(35)26(23)34)18-10-11-21(29)22(30)14-18/h5-14,24,32-33H,1-4H3/b25-23+. The van der Waals surface area contributed by atoms with Crippen LogP contribution in [-0.2, 0) is 15.0 Å². The molecule has 0 saturated carbocycles. The van der Waals surface area contributed by atoms with Crippen molar-refractivity contribution in [3.63, 3.8) is 0 Å². The van der Waals surface area contributed by atoms with Crippen molar-refractivity contribution < 1.29 is 28.6 Å². The molecule has 1 fully saturated rings. The van der Waals surface area contributed by atoms with Gasteiger partial charge in [-0.1, -0.05) is 45.0 Å². The molecule has 1 saturated heterocycles. The third kappa shape index (κ3) is 4.30. The second-order valence-electron chi connectivity index (χ2n) is 9.64. The molecule has 0 aromatic heterocycles. The Balaban J connectivity index is 2.00. The van der Waals surface area contributed by atoms with Gasteiger partial charge >= 0.3 is 0 Å². The van der Waals surface area contributed by atoms with Gasteiger partial charge in [0.2, 0.25) is 0 Å². The third-order valence-electron chi connectivity index (χ3n) is 6.17. The Labute approximate surface area is 202 Å². The average Bonchev–Trinajstić information content (AvgIpc) is 3.05. The summed E-state index contributed by atoms with van der Waals surface area (Å²) in [5, 5.41) is 21.5. The molecule has 7 heteroatoms. The van der Waals surface area contributed by atoms with Crippen LogP contribution in [0.15, 0.2) is 66.2 Å². The summed E-state index contributed by atoms with van der Waals surface area (Å²) >= 11 is 0. The monoisotopic (exact) mass is 477 g/mol. The highest BCUT2D eigenvalue weighted by atomic mass is 19.2. The Hall–Kier alpha value is -4.00. The van der Waals surface area contributed by atoms with Crippen LogP contribution in [0.2, 0.25) is 0 Å². The van der Waals surface area contributed by atoms with E-state index in [1.54, 1.807) is 19.1 Å². The molecule has 1 amide bonds. The number of aromatic hydroxyl groups is 1. The normalized spacial score (nSPS) is 17.8. The van der Waals surface area contributed by atoms with Crippen molar-refractivity contribution in [1.29, 1.82) is 0 Å². The summed E-state index contributed by atoms with van der Waals surface area (Å²) in [5.41, 5.74) is 1.78. The van der Waals surface area contributed by atoms with Gasteiger partial charge in [0.25, 0.3) is 11.7 Å². The zero-order valence-corrected chi connectivity index (χ0v) is 19.8. The average molecular weight is 478 g/mol. The first kappa shape index (κ1) is 24.1. The van der Waals surface area contributed by atoms with Gasteiger partial charge in [0.1, 0.15) is 11.5 Å². The van der Waals surface area contributed by atoms with Crippen molar-refractivity contribution in [2.75, 3.05) is 4.90 Å². The fraction of sp³-hybridized carbons (Fsp3) is 0.214. The number of Topliss-reactive ketones (excluding diaryl/α,β-unsaturated/α-hetero) is 1. The highest BCUT2D eigenvalue weighted by Crippen LogP contribution is 2.43. The Morgan fingerprint density at radius 2 is 1.66 bits per heavy atom. The number of phenolic OH excluding ortho intramolecular Hbond substituents is 1. The van der Waals surface area contributed by atoms with E-state index in [0.717, 1.165) is 22.6 Å². The van der Waals surface area contributed by atoms with Crippen LogP contribution in [-0.4, -0.2) is 21.9 Å². The first-order valence-electron chi connectivity index (χ1n) is 11.1. The van der Waals surface area contributed by atoms with Crippen LogP contribution in [0.5, 0.6) is 5.75 Å². The van der Waals surface area contributed by atoms with Crippen molar-refractivity contribution in [2.45, 2.75) is 39.2 Å². The second kappa shape index (κ2) is 8.65. The lowest BCUT2D eigenvalue weighted by atomic mass is 9.84. The van der Waals surface area contributed by atoms with Gasteiger partial charge < -0.3 is 10.2 Å². The molecule has 35 heavy (non-hydrogen) atoms. The van der Waals surface area contributed by atoms with Crippen molar-refractivity contribution >= 4 is 23.1 Å². The van der Waals surface area contributed by atoms with Gasteiger partial charge in [-0.25, -0.2) is 8.78 Å². The van der Waals surface area contributed by atoms with E-state index in [4.69, 9.17) is 0 Å². The van der Waals surface area contributed by atoms with E-state index in [1.165, 1.54) is 24.3 Å². The molecule has 0 bridgehead atoms. The zero-order valence-electron chi connectivity index (χ0n) is 19.8. The molecule has 0 radical (unpaired) electrons. The van der Waals surface area contributed by atoms with Gasteiger partial charge in [-0.05, 0) is 59.4 Å². The van der Waals surface area contributed by atoms with Gasteiger partial charge in [0, 0.05) is 17.3 Å². The van der Waals surface area contributed by atoms with Gasteiger partial charge in [0.05, 0.1) is 11.6 Å². The minimum Gasteiger partial charge on any atom is -0.508 e. The number of hydrogen-bond acceptors (Lipinski definition) is 4. The zero-order chi connectivity index (χ0) is 25.7. The summed E-state index contributed by atoms with van der Waals surface area (Å²) in [6.45, 7) is 7.80. The number of rotatable bonds is 3. The van der Waals surface area contributed by atoms with Crippen molar-refractivity contribution in [3.8, 4) is 5.75 Å². The predicted octanol–water partition coefficient (Wildman–Crippen LogP) is 5.90. The number of halogens is 2. The van der Waals surface area contributed by atoms with Crippen LogP contribution in [0.25, 0.3) is 5.76 Å². The minimum absolute atomic E-state index is 0.0569. The fourth-order valence-electron chi connectivity index (χ4n) is 4.23. The Morgan fingerprint density at radius 1 is 0.943 bits per heavy atom. The highest BCUT2D eigenvalue weighted by molar-refractivity contribution is 6.51. The molecule has 0 aliphatic carbocycles. The molecule has 4 rings (SSSR count). The van der Waals surface area contributed by atoms with E-state index >= 15 is 0 Å². The van der Waals surface area contributed by atoms with E-state index in [2.05, 4.69) is 0 Å². The highest BCUT2D eigenvalue weighted by Gasteiger charge is 2.47. The molecule has 2 N–H and O–H groups in total. The molecule has 180 valence electrons. The number of carbonyl (C=O) groups excluding carboxylic acids is 2. The van der Waals surface area contributed by atoms with Gasteiger partial charge in [-0.2, -0.15) is 0 Å². The van der Waals surface area contributed by atoms with E-state index in [1.807, 2.05) is 32.9 Å². The van der Waals surface area contributed by atoms with Crippen molar-refractivity contribution in [1.82, 2.24) is 0 Å². The first-order valence-corrected chi connectivity index (χ1v) is 11.1. The molecular weight excluding hydrogens is 452 g/mol. The molecule has 3 aromatic rings. The maximum atomic E-state index is 14.1. The topological polar surface area (TPSA) is 77.8 Å². The number of ketones is 1. The van der Waals surface area contributed by atoms with Crippen LogP contribution in [0.1, 0.15) is 49.1 Å². The number of phenols is 1. The summed E-state index contributed by atoms with van der Waals surface area (Å²) < 4.78 is 27.7. The number of hydrogen-bond donors (Lipinski definition) is 2. The number of carbonyl (C=O) groups is 2. The summed E-state index contributed by atoms with van der Waals surface area (Å²) in [4.78, 5) is 27.5. The number of anilines is 1. The predicted molar refractivity (Wildman–Crippen MR) is 129 cm³/mol. The van der Waals surface area contributed by atoms with Gasteiger partial charge in [-0.3, -0.25) is 14.5 Å². The number of nitrogens with zero attached hydrogens (tertiary/aromatic N) is 1. The van der Waals surface area contributed by atoms with E-state index in [0.29, 0.717) is 16.7 Å². The fourth-order valence-corrected chi connectivity index (χ4v) is 4.23. The Morgan fingerprint density at radius 3 is 2.29 bits per heavy atom. The molecule has 0 spiro atoms. The molecule has 1 aliphatic rings. The lowest BCUT2D eigenvalue weighted by Gasteiger charge is -2.26. The molecular formula is C28H25F2NO4. The first-order chi connectivity index (χ1) is 16.4. The number of amides is 1. The lowest BCUT2D eigenvalue weighted by molar-refractivity contribution is -0.132. The summed E-state index contributed by atoms with van der Waals surface area (Å²) in [7, 11) is 0. The smallest absolute Gasteiger partial charge is 0.300 e. The van der Waals surface area contributed by atoms with Crippen molar-refractivity contribution in [3.05, 3.63) is 100 Å². The van der Waals surface area contributed by atoms with Crippen LogP contribution in [0, 0.1) is 18.6 Å². The van der Waals surface area contributed by atoms with Crippen LogP contribution < -0.4 is 4.90 Å². The summed E-state index contributed by atoms with van der Waals surface area (Å²) in [6, 6.07) is 13.1. The molecule has 5 nitrogen and oxygen atoms in total. The number of benzene rings is 3. The molecule has 1 unspecified atom stereocenters. The number of aliphatic hydroxyl groups excluding tert-OH is 1. The maximum Gasteiger partial charge on any atom is 0.300 e.